The van der Waals surface area contributed by atoms with Crippen LogP contribution in [0.2, 0.25) is 5.02 Å². The molecule has 0 unspecified atom stereocenters. The van der Waals surface area contributed by atoms with Crippen LogP contribution in [0, 0.1) is 6.92 Å². The van der Waals surface area contributed by atoms with Gasteiger partial charge in [-0.3, -0.25) is 9.36 Å². The molecule has 2 heterocycles. The maximum atomic E-state index is 12.4. The van der Waals surface area contributed by atoms with Crippen LogP contribution in [0.4, 0.5) is 11.6 Å². The molecule has 0 aliphatic carbocycles. The number of hydrogen-bond donors (Lipinski definition) is 1. The highest BCUT2D eigenvalue weighted by atomic mass is 35.5. The minimum absolute atomic E-state index is 0.0877. The van der Waals surface area contributed by atoms with Crippen molar-refractivity contribution >= 4 is 40.9 Å². The number of halogens is 1. The highest BCUT2D eigenvalue weighted by Gasteiger charge is 2.23. The van der Waals surface area contributed by atoms with Crippen LogP contribution in [0.1, 0.15) is 18.4 Å². The number of benzene rings is 2. The Kier molecular flexibility index (Phi) is 6.06. The Morgan fingerprint density at radius 3 is 2.55 bits per heavy atom. The summed E-state index contributed by atoms with van der Waals surface area (Å²) in [5.41, 5.74) is 2.76. The molecule has 150 valence electrons. The summed E-state index contributed by atoms with van der Waals surface area (Å²) in [5, 5.41) is 13.0. The molecule has 0 saturated carbocycles. The van der Waals surface area contributed by atoms with Gasteiger partial charge in [0, 0.05) is 18.8 Å². The van der Waals surface area contributed by atoms with E-state index in [1.54, 1.807) is 0 Å². The molecule has 0 spiro atoms. The molecule has 1 amide bonds. The molecule has 1 aliphatic heterocycles. The molecule has 0 atom stereocenters. The number of rotatable bonds is 6. The summed E-state index contributed by atoms with van der Waals surface area (Å²) in [6.45, 7) is 3.91. The summed E-state index contributed by atoms with van der Waals surface area (Å²) in [6, 6.07) is 15.4. The van der Waals surface area contributed by atoms with Gasteiger partial charge in [0.25, 0.3) is 0 Å². The largest absolute Gasteiger partial charge is 0.341 e. The van der Waals surface area contributed by atoms with Crippen LogP contribution in [0.3, 0.4) is 0 Å². The van der Waals surface area contributed by atoms with Crippen molar-refractivity contribution in [3.05, 3.63) is 59.1 Å². The first-order valence-corrected chi connectivity index (χ1v) is 10.9. The van der Waals surface area contributed by atoms with E-state index in [9.17, 15) is 4.79 Å². The average molecular weight is 428 g/mol. The molecule has 4 rings (SSSR count). The minimum atomic E-state index is -0.0877. The smallest absolute Gasteiger partial charge is 0.234 e. The molecular formula is C21H22ClN5OS. The SMILES string of the molecule is Cc1ccc(NC(=O)CSc2nnc(N3CCCC3)n2-c2ccccc2Cl)cc1. The average Bonchev–Trinajstić information content (AvgIpc) is 3.38. The Morgan fingerprint density at radius 1 is 1.10 bits per heavy atom. The fourth-order valence-electron chi connectivity index (χ4n) is 3.29. The highest BCUT2D eigenvalue weighted by Crippen LogP contribution is 2.31. The van der Waals surface area contributed by atoms with E-state index >= 15 is 0 Å². The molecular weight excluding hydrogens is 406 g/mol. The van der Waals surface area contributed by atoms with E-state index in [1.165, 1.54) is 11.8 Å². The lowest BCUT2D eigenvalue weighted by atomic mass is 10.2. The molecule has 2 aromatic carbocycles. The normalized spacial score (nSPS) is 13.7. The van der Waals surface area contributed by atoms with Crippen LogP contribution in [0.5, 0.6) is 0 Å². The van der Waals surface area contributed by atoms with Crippen molar-refractivity contribution in [2.45, 2.75) is 24.9 Å². The Bertz CT molecular complexity index is 999. The van der Waals surface area contributed by atoms with Crippen molar-refractivity contribution in [3.63, 3.8) is 0 Å². The van der Waals surface area contributed by atoms with Gasteiger partial charge in [0.2, 0.25) is 11.9 Å². The van der Waals surface area contributed by atoms with E-state index < -0.39 is 0 Å². The molecule has 8 heteroatoms. The molecule has 1 N–H and O–H groups in total. The molecule has 0 bridgehead atoms. The monoisotopic (exact) mass is 427 g/mol. The fourth-order valence-corrected chi connectivity index (χ4v) is 4.25. The summed E-state index contributed by atoms with van der Waals surface area (Å²) in [5.74, 6) is 0.920. The zero-order valence-electron chi connectivity index (χ0n) is 16.1. The summed E-state index contributed by atoms with van der Waals surface area (Å²) in [6.07, 6.45) is 2.27. The van der Waals surface area contributed by atoms with E-state index in [0.29, 0.717) is 10.2 Å². The first-order valence-electron chi connectivity index (χ1n) is 9.56. The van der Waals surface area contributed by atoms with E-state index in [1.807, 2.05) is 60.0 Å². The van der Waals surface area contributed by atoms with Crippen molar-refractivity contribution in [1.82, 2.24) is 14.8 Å². The van der Waals surface area contributed by atoms with Gasteiger partial charge < -0.3 is 10.2 Å². The van der Waals surface area contributed by atoms with Gasteiger partial charge >= 0.3 is 0 Å². The fraction of sp³-hybridized carbons (Fsp3) is 0.286. The number of aromatic nitrogens is 3. The Balaban J connectivity index is 1.54. The van der Waals surface area contributed by atoms with Crippen molar-refractivity contribution < 1.29 is 4.79 Å². The van der Waals surface area contributed by atoms with E-state index in [-0.39, 0.29) is 11.7 Å². The van der Waals surface area contributed by atoms with Gasteiger partial charge in [-0.15, -0.1) is 10.2 Å². The number of para-hydroxylation sites is 1. The Morgan fingerprint density at radius 2 is 1.83 bits per heavy atom. The topological polar surface area (TPSA) is 63.1 Å². The van der Waals surface area contributed by atoms with Crippen molar-refractivity contribution in [1.29, 1.82) is 0 Å². The predicted octanol–water partition coefficient (Wildman–Crippen LogP) is 4.56. The van der Waals surface area contributed by atoms with Crippen LogP contribution < -0.4 is 10.2 Å². The molecule has 1 saturated heterocycles. The number of nitrogens with zero attached hydrogens (tertiary/aromatic N) is 4. The summed E-state index contributed by atoms with van der Waals surface area (Å²) < 4.78 is 1.96. The standard InChI is InChI=1S/C21H22ClN5OS/c1-15-8-10-16(11-9-15)23-19(28)14-29-21-25-24-20(26-12-4-5-13-26)27(21)18-7-3-2-6-17(18)22/h2-3,6-11H,4-5,12-14H2,1H3,(H,23,28). The van der Waals surface area contributed by atoms with E-state index in [2.05, 4.69) is 20.4 Å². The highest BCUT2D eigenvalue weighted by molar-refractivity contribution is 7.99. The van der Waals surface area contributed by atoms with Gasteiger partial charge in [-0.05, 0) is 44.0 Å². The van der Waals surface area contributed by atoms with Gasteiger partial charge in [-0.1, -0.05) is 53.2 Å². The molecule has 1 fully saturated rings. The van der Waals surface area contributed by atoms with Gasteiger partial charge in [0.1, 0.15) is 0 Å². The summed E-state index contributed by atoms with van der Waals surface area (Å²) in [4.78, 5) is 14.6. The lowest BCUT2D eigenvalue weighted by Gasteiger charge is -2.19. The van der Waals surface area contributed by atoms with Crippen LogP contribution in [0.15, 0.2) is 53.7 Å². The molecule has 6 nitrogen and oxygen atoms in total. The number of carbonyl (C=O) groups excluding carboxylic acids is 1. The molecule has 1 aliphatic rings. The molecule has 1 aromatic heterocycles. The van der Waals surface area contributed by atoms with Crippen LogP contribution in [-0.2, 0) is 4.79 Å². The summed E-state index contributed by atoms with van der Waals surface area (Å²) in [7, 11) is 0. The van der Waals surface area contributed by atoms with Crippen molar-refractivity contribution in [2.75, 3.05) is 29.1 Å². The second kappa shape index (κ2) is 8.88. The number of hydrogen-bond acceptors (Lipinski definition) is 5. The second-order valence-electron chi connectivity index (χ2n) is 6.97. The zero-order valence-corrected chi connectivity index (χ0v) is 17.7. The second-order valence-corrected chi connectivity index (χ2v) is 8.32. The third kappa shape index (κ3) is 4.57. The van der Waals surface area contributed by atoms with Gasteiger partial charge in [-0.25, -0.2) is 0 Å². The number of amides is 1. The number of thioether (sulfide) groups is 1. The minimum Gasteiger partial charge on any atom is -0.341 e. The summed E-state index contributed by atoms with van der Waals surface area (Å²) >= 11 is 7.82. The number of carbonyl (C=O) groups is 1. The van der Waals surface area contributed by atoms with Crippen LogP contribution >= 0.6 is 23.4 Å². The number of aryl methyl sites for hydroxylation is 1. The number of anilines is 2. The lowest BCUT2D eigenvalue weighted by molar-refractivity contribution is -0.113. The van der Waals surface area contributed by atoms with Gasteiger partial charge in [-0.2, -0.15) is 0 Å². The van der Waals surface area contributed by atoms with Gasteiger partial charge in [0.05, 0.1) is 16.5 Å². The van der Waals surface area contributed by atoms with E-state index in [0.717, 1.165) is 48.8 Å². The molecule has 3 aromatic rings. The van der Waals surface area contributed by atoms with Crippen molar-refractivity contribution in [2.24, 2.45) is 0 Å². The maximum Gasteiger partial charge on any atom is 0.234 e. The third-order valence-electron chi connectivity index (χ3n) is 4.77. The van der Waals surface area contributed by atoms with E-state index in [4.69, 9.17) is 11.6 Å². The first-order chi connectivity index (χ1) is 14.1. The Hall–Kier alpha value is -2.51. The molecule has 29 heavy (non-hydrogen) atoms. The predicted molar refractivity (Wildman–Crippen MR) is 118 cm³/mol. The first kappa shape index (κ1) is 19.8. The Labute approximate surface area is 179 Å². The third-order valence-corrected chi connectivity index (χ3v) is 6.01. The van der Waals surface area contributed by atoms with Crippen molar-refractivity contribution in [3.8, 4) is 5.69 Å². The number of nitrogens with one attached hydrogen (secondary N) is 1. The molecule has 0 radical (unpaired) electrons. The van der Waals surface area contributed by atoms with Crippen LogP contribution in [0.25, 0.3) is 5.69 Å². The zero-order chi connectivity index (χ0) is 20.2. The van der Waals surface area contributed by atoms with Crippen LogP contribution in [-0.4, -0.2) is 39.5 Å². The quantitative estimate of drug-likeness (QED) is 0.584. The van der Waals surface area contributed by atoms with Gasteiger partial charge in [0.15, 0.2) is 5.16 Å². The lowest BCUT2D eigenvalue weighted by Crippen LogP contribution is -2.22. The maximum absolute atomic E-state index is 12.4.